The third-order valence-corrected chi connectivity index (χ3v) is 5.47. The number of quaternary nitrogens is 1. The number of carbonyl (C=O) groups excluding carboxylic acids is 2. The van der Waals surface area contributed by atoms with E-state index in [1.54, 1.807) is 56.4 Å². The number of nitrogens with two attached hydrogens (primary N) is 2. The molecule has 9 heteroatoms. The van der Waals surface area contributed by atoms with E-state index in [1.165, 1.54) is 29.4 Å². The molecule has 4 rings (SSSR count). The zero-order valence-electron chi connectivity index (χ0n) is 17.4. The summed E-state index contributed by atoms with van der Waals surface area (Å²) in [5.74, 6) is -1.51. The highest BCUT2D eigenvalue weighted by Gasteiger charge is 2.52. The van der Waals surface area contributed by atoms with Crippen LogP contribution >= 0.6 is 0 Å². The quantitative estimate of drug-likeness (QED) is 0.473. The average molecular weight is 434 g/mol. The third-order valence-electron chi connectivity index (χ3n) is 5.47. The van der Waals surface area contributed by atoms with Crippen LogP contribution in [0.15, 0.2) is 78.1 Å². The molecular formula is C23H21FN5O3+. The molecule has 2 heterocycles. The van der Waals surface area contributed by atoms with E-state index in [1.807, 2.05) is 0 Å². The molecule has 0 bridgehead atoms. The predicted molar refractivity (Wildman–Crippen MR) is 119 cm³/mol. The van der Waals surface area contributed by atoms with Crippen molar-refractivity contribution in [1.29, 1.82) is 0 Å². The number of primary amides is 1. The van der Waals surface area contributed by atoms with Gasteiger partial charge in [0.05, 0.1) is 5.69 Å². The smallest absolute Gasteiger partial charge is 0.316 e. The second kappa shape index (κ2) is 7.78. The molecule has 8 nitrogen and oxygen atoms in total. The maximum absolute atomic E-state index is 15.1. The summed E-state index contributed by atoms with van der Waals surface area (Å²) >= 11 is 0. The van der Waals surface area contributed by atoms with Crippen LogP contribution in [0.4, 0.5) is 21.6 Å². The first-order valence-electron chi connectivity index (χ1n) is 9.70. The second-order valence-electron chi connectivity index (χ2n) is 7.37. The van der Waals surface area contributed by atoms with E-state index < -0.39 is 17.6 Å². The van der Waals surface area contributed by atoms with Gasteiger partial charge < -0.3 is 16.2 Å². The molecule has 1 atom stereocenters. The molecule has 4 N–H and O–H groups in total. The number of rotatable bonds is 5. The molecule has 1 aromatic heterocycles. The Balaban J connectivity index is 1.81. The van der Waals surface area contributed by atoms with Crippen LogP contribution in [-0.4, -0.2) is 23.8 Å². The Morgan fingerprint density at radius 1 is 1.12 bits per heavy atom. The van der Waals surface area contributed by atoms with Crippen LogP contribution in [0, 0.1) is 5.82 Å². The highest BCUT2D eigenvalue weighted by atomic mass is 19.1. The first-order valence-corrected chi connectivity index (χ1v) is 9.70. The lowest BCUT2D eigenvalue weighted by Gasteiger charge is -2.37. The van der Waals surface area contributed by atoms with E-state index in [0.717, 1.165) is 0 Å². The monoisotopic (exact) mass is 434 g/mol. The summed E-state index contributed by atoms with van der Waals surface area (Å²) in [7, 11) is 1.69. The van der Waals surface area contributed by atoms with Crippen molar-refractivity contribution in [2.45, 2.75) is 6.92 Å². The molecule has 1 aliphatic heterocycles. The van der Waals surface area contributed by atoms with Crippen LogP contribution in [0.2, 0.25) is 0 Å². The zero-order valence-corrected chi connectivity index (χ0v) is 17.4. The van der Waals surface area contributed by atoms with Gasteiger partial charge in [0.2, 0.25) is 0 Å². The number of nitrogen functional groups attached to an aromatic ring is 1. The molecule has 2 aromatic carbocycles. The van der Waals surface area contributed by atoms with Gasteiger partial charge in [-0.1, -0.05) is 18.2 Å². The molecule has 1 aliphatic rings. The van der Waals surface area contributed by atoms with E-state index in [9.17, 15) is 9.59 Å². The van der Waals surface area contributed by atoms with Crippen LogP contribution in [0.1, 0.15) is 6.92 Å². The van der Waals surface area contributed by atoms with Gasteiger partial charge in [-0.2, -0.15) is 4.59 Å². The first-order chi connectivity index (χ1) is 15.2. The number of hydrogen-bond donors (Lipinski definition) is 2. The second-order valence-corrected chi connectivity index (χ2v) is 7.37. The largest absolute Gasteiger partial charge is 0.454 e. The van der Waals surface area contributed by atoms with Gasteiger partial charge in [0.1, 0.15) is 18.6 Å². The van der Waals surface area contributed by atoms with Crippen LogP contribution in [0.25, 0.3) is 0 Å². The number of hydrogen-bond acceptors (Lipinski definition) is 5. The lowest BCUT2D eigenvalue weighted by Crippen LogP contribution is -2.56. The summed E-state index contributed by atoms with van der Waals surface area (Å²) in [4.78, 5) is 29.1. The van der Waals surface area contributed by atoms with Crippen molar-refractivity contribution in [3.8, 4) is 11.5 Å². The summed E-state index contributed by atoms with van der Waals surface area (Å²) in [5.41, 5.74) is 12.3. The number of pyridine rings is 1. The first kappa shape index (κ1) is 21.0. The molecule has 162 valence electrons. The Kier molecular flexibility index (Phi) is 5.11. The fourth-order valence-corrected chi connectivity index (χ4v) is 3.78. The highest BCUT2D eigenvalue weighted by molar-refractivity contribution is 6.26. The summed E-state index contributed by atoms with van der Waals surface area (Å²) in [6.07, 6.45) is 1.45. The molecule has 2 amide bonds. The minimum absolute atomic E-state index is 0.0282. The minimum atomic E-state index is -0.842. The molecule has 3 aromatic rings. The number of carbonyl (C=O) groups is 2. The van der Waals surface area contributed by atoms with Crippen LogP contribution in [0.5, 0.6) is 11.5 Å². The number of halogens is 1. The van der Waals surface area contributed by atoms with Crippen molar-refractivity contribution in [3.63, 3.8) is 0 Å². The van der Waals surface area contributed by atoms with Gasteiger partial charge in [0.25, 0.3) is 5.91 Å². The molecule has 32 heavy (non-hydrogen) atoms. The van der Waals surface area contributed by atoms with Gasteiger partial charge in [-0.15, -0.1) is 5.01 Å². The Labute approximate surface area is 183 Å². The molecule has 0 saturated heterocycles. The third kappa shape index (κ3) is 3.34. The van der Waals surface area contributed by atoms with Gasteiger partial charge in [0, 0.05) is 31.3 Å². The number of ether oxygens (including phenoxy) is 1. The van der Waals surface area contributed by atoms with E-state index >= 15 is 4.39 Å². The topological polar surface area (TPSA) is 112 Å². The van der Waals surface area contributed by atoms with Crippen molar-refractivity contribution < 1.29 is 18.7 Å². The normalized spacial score (nSPS) is 18.2. The Bertz CT molecular complexity index is 1260. The summed E-state index contributed by atoms with van der Waals surface area (Å²) < 4.78 is 20.4. The minimum Gasteiger partial charge on any atom is -0.454 e. The lowest BCUT2D eigenvalue weighted by atomic mass is 10.2. The number of anilines is 2. The number of nitrogens with zero attached hydrogens (tertiary/aromatic N) is 3. The predicted octanol–water partition coefficient (Wildman–Crippen LogP) is 3.25. The van der Waals surface area contributed by atoms with Gasteiger partial charge in [-0.25, -0.2) is 9.37 Å². The molecule has 1 unspecified atom stereocenters. The lowest BCUT2D eigenvalue weighted by molar-refractivity contribution is -0.120. The maximum atomic E-state index is 15.1. The fraction of sp³-hybridized carbons (Fsp3) is 0.0870. The maximum Gasteiger partial charge on any atom is 0.316 e. The summed E-state index contributed by atoms with van der Waals surface area (Å²) in [6, 6.07) is 16.2. The number of para-hydroxylation sites is 1. The van der Waals surface area contributed by atoms with Crippen LogP contribution in [0.3, 0.4) is 0 Å². The number of benzene rings is 2. The molecule has 0 spiro atoms. The highest BCUT2D eigenvalue weighted by Crippen LogP contribution is 2.41. The van der Waals surface area contributed by atoms with E-state index in [4.69, 9.17) is 16.2 Å². The van der Waals surface area contributed by atoms with Gasteiger partial charge in [0.15, 0.2) is 28.5 Å². The summed E-state index contributed by atoms with van der Waals surface area (Å²) in [6.45, 7) is 1.63. The average Bonchev–Trinajstić information content (AvgIpc) is 2.96. The summed E-state index contributed by atoms with van der Waals surface area (Å²) in [5, 5.41) is 1.40. The van der Waals surface area contributed by atoms with Crippen molar-refractivity contribution in [3.05, 3.63) is 83.9 Å². The Hall–Kier alpha value is -4.24. The molecular weight excluding hydrogens is 413 g/mol. The fourth-order valence-electron chi connectivity index (χ4n) is 3.78. The molecule has 0 radical (unpaired) electrons. The van der Waals surface area contributed by atoms with Crippen molar-refractivity contribution in [1.82, 2.24) is 9.58 Å². The van der Waals surface area contributed by atoms with Crippen LogP contribution in [-0.2, 0) is 9.59 Å². The number of aromatic nitrogens is 1. The Morgan fingerprint density at radius 2 is 1.84 bits per heavy atom. The number of amides is 2. The zero-order chi connectivity index (χ0) is 23.0. The van der Waals surface area contributed by atoms with Crippen LogP contribution < -0.4 is 25.8 Å². The standard InChI is InChI=1S/C23H20FN5O3/c1-14-21(22(26)30)23(31)28(15-6-4-3-5-7-15)29(14,2)16-8-9-19(18(24)12-16)32-17-10-11-27-20(25)13-17/h3-13H,1-2H3,(H3-,25,26,27,30)/p+1. The van der Waals surface area contributed by atoms with E-state index in [-0.39, 0.29) is 21.7 Å². The van der Waals surface area contributed by atoms with Gasteiger partial charge in [-0.05, 0) is 24.3 Å². The van der Waals surface area contributed by atoms with E-state index in [2.05, 4.69) is 4.98 Å². The van der Waals surface area contributed by atoms with Gasteiger partial charge >= 0.3 is 5.91 Å². The van der Waals surface area contributed by atoms with E-state index in [0.29, 0.717) is 22.8 Å². The Morgan fingerprint density at radius 3 is 2.47 bits per heavy atom. The van der Waals surface area contributed by atoms with Crippen molar-refractivity contribution in [2.24, 2.45) is 5.73 Å². The SMILES string of the molecule is CC1=C(C(N)=O)C(=O)N(c2ccccc2)[N+]1(C)c1ccc(Oc2ccnc(N)c2)c(F)c1. The van der Waals surface area contributed by atoms with Gasteiger partial charge in [-0.3, -0.25) is 9.59 Å². The van der Waals surface area contributed by atoms with Crippen molar-refractivity contribution in [2.75, 3.05) is 17.8 Å². The number of allylic oxidation sites excluding steroid dienone is 1. The molecule has 0 saturated carbocycles. The van der Waals surface area contributed by atoms with Crippen molar-refractivity contribution >= 4 is 29.0 Å². The molecule has 0 aliphatic carbocycles. The molecule has 0 fully saturated rings.